The van der Waals surface area contributed by atoms with E-state index < -0.39 is 5.82 Å². The fraction of sp³-hybridized carbons (Fsp3) is 0.125. The molecule has 0 unspecified atom stereocenters. The molecule has 0 aliphatic carbocycles. The Kier molecular flexibility index (Phi) is 2.64. The van der Waals surface area contributed by atoms with Crippen LogP contribution in [0.3, 0.4) is 0 Å². The number of rotatable bonds is 1. The van der Waals surface area contributed by atoms with Crippen molar-refractivity contribution in [2.45, 2.75) is 6.54 Å². The topological polar surface area (TPSA) is 49.8 Å². The van der Waals surface area contributed by atoms with Crippen LogP contribution in [0.5, 0.6) is 0 Å². The molecule has 62 valence electrons. The molecular weight excluding hydrogens is 179 g/mol. The van der Waals surface area contributed by atoms with Gasteiger partial charge in [0.1, 0.15) is 11.9 Å². The summed E-state index contributed by atoms with van der Waals surface area (Å²) in [5.41, 5.74) is 5.43. The van der Waals surface area contributed by atoms with E-state index in [4.69, 9.17) is 22.6 Å². The van der Waals surface area contributed by atoms with E-state index in [9.17, 15) is 4.39 Å². The number of hydrogen-bond donors (Lipinski definition) is 1. The maximum atomic E-state index is 13.1. The molecule has 0 bridgehead atoms. The van der Waals surface area contributed by atoms with Crippen molar-refractivity contribution in [1.82, 2.24) is 0 Å². The molecule has 0 amide bonds. The zero-order valence-corrected chi connectivity index (χ0v) is 6.90. The molecule has 1 aromatic rings. The summed E-state index contributed by atoms with van der Waals surface area (Å²) in [4.78, 5) is 0. The molecule has 1 aromatic carbocycles. The Hall–Kier alpha value is -1.11. The van der Waals surface area contributed by atoms with Gasteiger partial charge in [-0.05, 0) is 12.1 Å². The van der Waals surface area contributed by atoms with E-state index in [-0.39, 0.29) is 17.7 Å². The van der Waals surface area contributed by atoms with Gasteiger partial charge in [0.25, 0.3) is 0 Å². The lowest BCUT2D eigenvalue weighted by Crippen LogP contribution is -2.01. The Morgan fingerprint density at radius 1 is 1.58 bits per heavy atom. The van der Waals surface area contributed by atoms with Gasteiger partial charge in [0.05, 0.1) is 5.56 Å². The van der Waals surface area contributed by atoms with Gasteiger partial charge in [-0.15, -0.1) is 0 Å². The van der Waals surface area contributed by atoms with Crippen molar-refractivity contribution in [3.8, 4) is 6.07 Å². The number of hydrogen-bond acceptors (Lipinski definition) is 2. The first-order chi connectivity index (χ1) is 5.69. The number of benzene rings is 1. The third-order valence-corrected chi connectivity index (χ3v) is 1.67. The molecule has 0 atom stereocenters. The number of nitrogens with two attached hydrogens (primary N) is 1. The molecule has 0 heterocycles. The fourth-order valence-corrected chi connectivity index (χ4v) is 1.12. The average Bonchev–Trinajstić information content (AvgIpc) is 2.08. The van der Waals surface area contributed by atoms with Crippen LogP contribution in [0.1, 0.15) is 11.1 Å². The molecular formula is C8H6ClFN2. The molecule has 0 saturated carbocycles. The van der Waals surface area contributed by atoms with Crippen molar-refractivity contribution in [1.29, 1.82) is 5.26 Å². The summed E-state index contributed by atoms with van der Waals surface area (Å²) in [6.45, 7) is 0.0427. The lowest BCUT2D eigenvalue weighted by atomic mass is 10.1. The Morgan fingerprint density at radius 3 is 2.75 bits per heavy atom. The summed E-state index contributed by atoms with van der Waals surface area (Å²) in [5, 5.41) is 8.80. The van der Waals surface area contributed by atoms with E-state index in [1.807, 2.05) is 0 Å². The summed E-state index contributed by atoms with van der Waals surface area (Å²) < 4.78 is 13.1. The molecule has 0 radical (unpaired) electrons. The standard InChI is InChI=1S/C8H6ClFN2/c9-7-1-5(3-11)8(10)6(2-7)4-12/h1-2H,3,11H2. The van der Waals surface area contributed by atoms with Crippen molar-refractivity contribution < 1.29 is 4.39 Å². The Balaban J connectivity index is 3.34. The van der Waals surface area contributed by atoms with E-state index in [1.54, 1.807) is 6.07 Å². The van der Waals surface area contributed by atoms with Gasteiger partial charge in [-0.1, -0.05) is 11.6 Å². The Morgan fingerprint density at radius 2 is 2.25 bits per heavy atom. The first-order valence-corrected chi connectivity index (χ1v) is 3.65. The summed E-state index contributed by atoms with van der Waals surface area (Å²) in [5.74, 6) is -0.579. The third-order valence-electron chi connectivity index (χ3n) is 1.45. The van der Waals surface area contributed by atoms with Gasteiger partial charge in [-0.2, -0.15) is 5.26 Å². The molecule has 0 saturated heterocycles. The maximum absolute atomic E-state index is 13.1. The minimum Gasteiger partial charge on any atom is -0.326 e. The molecule has 2 N–H and O–H groups in total. The zero-order valence-electron chi connectivity index (χ0n) is 6.14. The van der Waals surface area contributed by atoms with Crippen molar-refractivity contribution in [2.24, 2.45) is 5.73 Å². The monoisotopic (exact) mass is 184 g/mol. The van der Waals surface area contributed by atoms with E-state index in [1.165, 1.54) is 12.1 Å². The van der Waals surface area contributed by atoms with E-state index in [0.717, 1.165) is 0 Å². The van der Waals surface area contributed by atoms with Crippen LogP contribution in [0.4, 0.5) is 4.39 Å². The quantitative estimate of drug-likeness (QED) is 0.724. The third kappa shape index (κ3) is 1.55. The number of halogens is 2. The summed E-state index contributed by atoms with van der Waals surface area (Å²) in [6, 6.07) is 4.38. The SMILES string of the molecule is N#Cc1cc(Cl)cc(CN)c1F. The van der Waals surface area contributed by atoms with E-state index >= 15 is 0 Å². The molecule has 0 aliphatic rings. The molecule has 0 fully saturated rings. The van der Waals surface area contributed by atoms with Crippen molar-refractivity contribution in [3.63, 3.8) is 0 Å². The molecule has 0 aromatic heterocycles. The lowest BCUT2D eigenvalue weighted by Gasteiger charge is -2.01. The van der Waals surface area contributed by atoms with Gasteiger partial charge in [0.2, 0.25) is 0 Å². The van der Waals surface area contributed by atoms with Crippen LogP contribution >= 0.6 is 11.6 Å². The Bertz CT molecular complexity index is 344. The van der Waals surface area contributed by atoms with Gasteiger partial charge >= 0.3 is 0 Å². The lowest BCUT2D eigenvalue weighted by molar-refractivity contribution is 0.607. The van der Waals surface area contributed by atoms with Gasteiger partial charge in [0, 0.05) is 17.1 Å². The highest BCUT2D eigenvalue weighted by Gasteiger charge is 2.07. The molecule has 2 nitrogen and oxygen atoms in total. The summed E-state index contributed by atoms with van der Waals surface area (Å²) >= 11 is 5.61. The maximum Gasteiger partial charge on any atom is 0.145 e. The number of nitrogens with zero attached hydrogens (tertiary/aromatic N) is 1. The van der Waals surface area contributed by atoms with Gasteiger partial charge in [-0.3, -0.25) is 0 Å². The second-order valence-corrected chi connectivity index (χ2v) is 2.68. The van der Waals surface area contributed by atoms with Crippen molar-refractivity contribution in [3.05, 3.63) is 34.1 Å². The second kappa shape index (κ2) is 3.53. The van der Waals surface area contributed by atoms with Crippen LogP contribution in [-0.4, -0.2) is 0 Å². The van der Waals surface area contributed by atoms with Crippen LogP contribution in [0.25, 0.3) is 0 Å². The smallest absolute Gasteiger partial charge is 0.145 e. The van der Waals surface area contributed by atoms with Crippen LogP contribution in [-0.2, 0) is 6.54 Å². The van der Waals surface area contributed by atoms with E-state index in [2.05, 4.69) is 0 Å². The molecule has 1 rings (SSSR count). The minimum atomic E-state index is -0.579. The van der Waals surface area contributed by atoms with Gasteiger partial charge in [-0.25, -0.2) is 4.39 Å². The van der Waals surface area contributed by atoms with Gasteiger partial charge < -0.3 is 5.73 Å². The highest BCUT2D eigenvalue weighted by atomic mass is 35.5. The normalized spacial score (nSPS) is 9.50. The molecule has 4 heteroatoms. The van der Waals surface area contributed by atoms with Crippen LogP contribution < -0.4 is 5.73 Å². The van der Waals surface area contributed by atoms with Gasteiger partial charge in [0.15, 0.2) is 0 Å². The van der Waals surface area contributed by atoms with Crippen LogP contribution in [0.2, 0.25) is 5.02 Å². The van der Waals surface area contributed by atoms with Crippen molar-refractivity contribution in [2.75, 3.05) is 0 Å². The summed E-state index contributed by atoms with van der Waals surface area (Å²) in [7, 11) is 0. The zero-order chi connectivity index (χ0) is 9.14. The van der Waals surface area contributed by atoms with Crippen molar-refractivity contribution >= 4 is 11.6 Å². The minimum absolute atomic E-state index is 0.0427. The molecule has 0 spiro atoms. The first-order valence-electron chi connectivity index (χ1n) is 3.27. The highest BCUT2D eigenvalue weighted by molar-refractivity contribution is 6.30. The largest absolute Gasteiger partial charge is 0.326 e. The van der Waals surface area contributed by atoms with E-state index in [0.29, 0.717) is 5.02 Å². The number of nitriles is 1. The first kappa shape index (κ1) is 8.98. The Labute approximate surface area is 74.4 Å². The average molecular weight is 185 g/mol. The highest BCUT2D eigenvalue weighted by Crippen LogP contribution is 2.18. The predicted octanol–water partition coefficient (Wildman–Crippen LogP) is 1.81. The van der Waals surface area contributed by atoms with Crippen LogP contribution in [0.15, 0.2) is 12.1 Å². The predicted molar refractivity (Wildman–Crippen MR) is 44.0 cm³/mol. The molecule has 12 heavy (non-hydrogen) atoms. The van der Waals surface area contributed by atoms with Crippen LogP contribution in [0, 0.1) is 17.1 Å². The summed E-state index contributed by atoms with van der Waals surface area (Å²) in [6.07, 6.45) is 0. The second-order valence-electron chi connectivity index (χ2n) is 2.24. The molecule has 0 aliphatic heterocycles. The fourth-order valence-electron chi connectivity index (χ4n) is 0.876.